The summed E-state index contributed by atoms with van der Waals surface area (Å²) < 4.78 is 2.52. The van der Waals surface area contributed by atoms with Gasteiger partial charge in [0, 0.05) is 29.7 Å². The van der Waals surface area contributed by atoms with E-state index in [1.54, 1.807) is 0 Å². The van der Waals surface area contributed by atoms with E-state index >= 15 is 0 Å². The van der Waals surface area contributed by atoms with Gasteiger partial charge in [0.2, 0.25) is 0 Å². The summed E-state index contributed by atoms with van der Waals surface area (Å²) in [5, 5.41) is 0. The minimum absolute atomic E-state index is 0.820. The van der Waals surface area contributed by atoms with Crippen LogP contribution in [0.3, 0.4) is 0 Å². The molecule has 2 N–H and O–H groups in total. The van der Waals surface area contributed by atoms with Gasteiger partial charge in [-0.2, -0.15) is 0 Å². The Kier molecular flexibility index (Phi) is 6.26. The Morgan fingerprint density at radius 1 is 1.00 bits per heavy atom. The zero-order valence-electron chi connectivity index (χ0n) is 14.4. The van der Waals surface area contributed by atoms with Crippen LogP contribution < -0.4 is 5.73 Å². The summed E-state index contributed by atoms with van der Waals surface area (Å²) in [6.07, 6.45) is 8.28. The van der Waals surface area contributed by atoms with Crippen molar-refractivity contribution >= 4 is 17.6 Å². The van der Waals surface area contributed by atoms with Crippen molar-refractivity contribution in [3.8, 4) is 0 Å². The lowest BCUT2D eigenvalue weighted by Gasteiger charge is -2.41. The van der Waals surface area contributed by atoms with Gasteiger partial charge in [-0.05, 0) is 80.9 Å². The van der Waals surface area contributed by atoms with E-state index in [9.17, 15) is 0 Å². The molecule has 1 aromatic carbocycles. The van der Waals surface area contributed by atoms with Crippen molar-refractivity contribution in [2.75, 3.05) is 31.9 Å². The van der Waals surface area contributed by atoms with Gasteiger partial charge in [0.1, 0.15) is 0 Å². The van der Waals surface area contributed by atoms with E-state index in [2.05, 4.69) is 28.3 Å². The van der Waals surface area contributed by atoms with Gasteiger partial charge < -0.3 is 10.6 Å². The highest BCUT2D eigenvalue weighted by Gasteiger charge is 2.28. The van der Waals surface area contributed by atoms with Crippen LogP contribution in [0.4, 0.5) is 5.69 Å². The second-order valence-electron chi connectivity index (χ2n) is 7.09. The molecule has 3 rings (SSSR count). The molecule has 3 nitrogen and oxygen atoms in total. The maximum atomic E-state index is 5.76. The summed E-state index contributed by atoms with van der Waals surface area (Å²) in [7, 11) is 0. The number of nitrogens with two attached hydrogens (primary N) is 1. The highest BCUT2D eigenvalue weighted by Crippen LogP contribution is 2.30. The molecule has 0 radical (unpaired) electrons. The van der Waals surface area contributed by atoms with Crippen molar-refractivity contribution in [1.29, 1.82) is 0 Å². The first-order chi connectivity index (χ1) is 11.2. The molecular formula is C19H31N3S. The van der Waals surface area contributed by atoms with Gasteiger partial charge in [-0.3, -0.25) is 0 Å². The third kappa shape index (κ3) is 4.88. The highest BCUT2D eigenvalue weighted by atomic mass is 32.2. The van der Waals surface area contributed by atoms with Crippen molar-refractivity contribution < 1.29 is 0 Å². The van der Waals surface area contributed by atoms with Gasteiger partial charge >= 0.3 is 0 Å². The average Bonchev–Trinajstić information content (AvgIpc) is 2.59. The predicted octanol–water partition coefficient (Wildman–Crippen LogP) is 4.25. The fourth-order valence-corrected chi connectivity index (χ4v) is 4.94. The molecule has 0 amide bonds. The first-order valence-corrected chi connectivity index (χ1v) is 10.0. The Balaban J connectivity index is 1.41. The van der Waals surface area contributed by atoms with E-state index in [0.29, 0.717) is 0 Å². The molecule has 2 fully saturated rings. The normalized spacial score (nSPS) is 22.5. The van der Waals surface area contributed by atoms with Crippen LogP contribution >= 0.6 is 11.9 Å². The van der Waals surface area contributed by atoms with Crippen LogP contribution in [0.25, 0.3) is 0 Å². The van der Waals surface area contributed by atoms with E-state index in [4.69, 9.17) is 5.73 Å². The number of anilines is 1. The minimum atomic E-state index is 0.820. The maximum Gasteiger partial charge on any atom is 0.0314 e. The molecule has 0 aromatic heterocycles. The van der Waals surface area contributed by atoms with Crippen LogP contribution in [-0.4, -0.2) is 41.4 Å². The smallest absolute Gasteiger partial charge is 0.0314 e. The molecule has 0 spiro atoms. The van der Waals surface area contributed by atoms with E-state index in [1.807, 2.05) is 24.1 Å². The molecule has 0 saturated carbocycles. The Morgan fingerprint density at radius 3 is 2.26 bits per heavy atom. The zero-order valence-corrected chi connectivity index (χ0v) is 15.2. The molecule has 4 heteroatoms. The number of nitrogens with zero attached hydrogens (tertiary/aromatic N) is 2. The molecule has 2 saturated heterocycles. The minimum Gasteiger partial charge on any atom is -0.399 e. The molecule has 128 valence electrons. The third-order valence-electron chi connectivity index (χ3n) is 5.40. The van der Waals surface area contributed by atoms with Crippen molar-refractivity contribution in [1.82, 2.24) is 9.21 Å². The van der Waals surface area contributed by atoms with Crippen LogP contribution in [0.15, 0.2) is 29.2 Å². The van der Waals surface area contributed by atoms with E-state index < -0.39 is 0 Å². The summed E-state index contributed by atoms with van der Waals surface area (Å²) in [5.74, 6) is 0.998. The second kappa shape index (κ2) is 8.41. The summed E-state index contributed by atoms with van der Waals surface area (Å²) in [5.41, 5.74) is 6.61. The van der Waals surface area contributed by atoms with Gasteiger partial charge in [-0.1, -0.05) is 19.8 Å². The number of hydrogen-bond acceptors (Lipinski definition) is 4. The first-order valence-electron chi connectivity index (χ1n) is 9.27. The molecule has 23 heavy (non-hydrogen) atoms. The molecule has 2 aliphatic rings. The Hall–Kier alpha value is -0.710. The standard InChI is InChI=1S/C19H31N3S/c1-2-3-16-8-12-21(13-9-16)18-10-14-22(15-11-18)23-19-6-4-17(20)5-7-19/h4-7,16,18H,2-3,8-15,20H2,1H3. The topological polar surface area (TPSA) is 32.5 Å². The van der Waals surface area contributed by atoms with E-state index in [-0.39, 0.29) is 0 Å². The van der Waals surface area contributed by atoms with Crippen molar-refractivity contribution in [2.45, 2.75) is 56.4 Å². The number of nitrogen functional groups attached to an aromatic ring is 1. The van der Waals surface area contributed by atoms with Gasteiger partial charge in [0.05, 0.1) is 0 Å². The lowest BCUT2D eigenvalue weighted by Crippen LogP contribution is -2.46. The summed E-state index contributed by atoms with van der Waals surface area (Å²) in [6, 6.07) is 9.07. The predicted molar refractivity (Wildman–Crippen MR) is 101 cm³/mol. The van der Waals surface area contributed by atoms with Crippen LogP contribution in [-0.2, 0) is 0 Å². The van der Waals surface area contributed by atoms with Gasteiger partial charge in [0.15, 0.2) is 0 Å². The summed E-state index contributed by atoms with van der Waals surface area (Å²) in [6.45, 7) is 7.39. The molecular weight excluding hydrogens is 302 g/mol. The fraction of sp³-hybridized carbons (Fsp3) is 0.684. The average molecular weight is 334 g/mol. The number of rotatable bonds is 5. The van der Waals surface area contributed by atoms with Crippen LogP contribution in [0.2, 0.25) is 0 Å². The van der Waals surface area contributed by atoms with Crippen LogP contribution in [0.1, 0.15) is 45.4 Å². The van der Waals surface area contributed by atoms with Crippen molar-refractivity contribution in [2.24, 2.45) is 5.92 Å². The molecule has 2 aliphatic heterocycles. The number of benzene rings is 1. The first kappa shape index (κ1) is 17.1. The quantitative estimate of drug-likeness (QED) is 0.645. The largest absolute Gasteiger partial charge is 0.399 e. The van der Waals surface area contributed by atoms with E-state index in [0.717, 1.165) is 17.6 Å². The SMILES string of the molecule is CCCC1CCN(C2CCN(Sc3ccc(N)cc3)CC2)CC1. The monoisotopic (exact) mass is 333 g/mol. The molecule has 2 heterocycles. The number of piperidine rings is 2. The Labute approximate surface area is 145 Å². The van der Waals surface area contributed by atoms with Crippen molar-refractivity contribution in [3.05, 3.63) is 24.3 Å². The fourth-order valence-electron chi connectivity index (χ4n) is 3.99. The van der Waals surface area contributed by atoms with Crippen LogP contribution in [0, 0.1) is 5.92 Å². The van der Waals surface area contributed by atoms with Gasteiger partial charge in [0.25, 0.3) is 0 Å². The van der Waals surface area contributed by atoms with E-state index in [1.165, 1.54) is 69.6 Å². The maximum absolute atomic E-state index is 5.76. The van der Waals surface area contributed by atoms with Crippen molar-refractivity contribution in [3.63, 3.8) is 0 Å². The lowest BCUT2D eigenvalue weighted by atomic mass is 9.90. The Bertz CT molecular complexity index is 460. The molecule has 0 aliphatic carbocycles. The number of hydrogen-bond donors (Lipinski definition) is 1. The highest BCUT2D eigenvalue weighted by molar-refractivity contribution is 7.97. The van der Waals surface area contributed by atoms with Crippen LogP contribution in [0.5, 0.6) is 0 Å². The molecule has 1 aromatic rings. The van der Waals surface area contributed by atoms with Gasteiger partial charge in [-0.25, -0.2) is 4.31 Å². The zero-order chi connectivity index (χ0) is 16.1. The number of likely N-dealkylation sites (tertiary alicyclic amines) is 1. The van der Waals surface area contributed by atoms with Gasteiger partial charge in [-0.15, -0.1) is 0 Å². The lowest BCUT2D eigenvalue weighted by molar-refractivity contribution is 0.0966. The third-order valence-corrected chi connectivity index (χ3v) is 6.51. The second-order valence-corrected chi connectivity index (χ2v) is 8.26. The Morgan fingerprint density at radius 2 is 1.65 bits per heavy atom. The molecule has 0 atom stereocenters. The summed E-state index contributed by atoms with van der Waals surface area (Å²) in [4.78, 5) is 4.08. The molecule has 0 unspecified atom stereocenters. The summed E-state index contributed by atoms with van der Waals surface area (Å²) >= 11 is 1.89. The molecule has 0 bridgehead atoms.